The van der Waals surface area contributed by atoms with E-state index in [4.69, 9.17) is 9.47 Å². The Hall–Kier alpha value is -1.23. The highest BCUT2D eigenvalue weighted by molar-refractivity contribution is 9.10. The lowest BCUT2D eigenvalue weighted by atomic mass is 10.1. The van der Waals surface area contributed by atoms with Gasteiger partial charge in [-0.05, 0) is 24.1 Å². The fourth-order valence-electron chi connectivity index (χ4n) is 1.62. The Balaban J connectivity index is 2.07. The maximum absolute atomic E-state index is 10.9. The van der Waals surface area contributed by atoms with Gasteiger partial charge < -0.3 is 14.8 Å². The summed E-state index contributed by atoms with van der Waals surface area (Å²) in [6.45, 7) is 0.428. The van der Waals surface area contributed by atoms with E-state index in [0.717, 1.165) is 22.2 Å². The summed E-state index contributed by atoms with van der Waals surface area (Å²) in [6.07, 6.45) is 0.408. The van der Waals surface area contributed by atoms with Gasteiger partial charge in [-0.15, -0.1) is 0 Å². The number of alkyl carbamates (subject to hydrolysis) is 1. The van der Waals surface area contributed by atoms with Crippen LogP contribution in [0, 0.1) is 0 Å². The van der Waals surface area contributed by atoms with Crippen LogP contribution in [0.15, 0.2) is 22.7 Å². The number of methoxy groups -OCH3 is 1. The SMILES string of the molecule is COc1ccc(CC2COC(=O)N2)c(Br)c1. The molecular weight excluding hydrogens is 274 g/mol. The molecule has 1 atom stereocenters. The number of nitrogens with one attached hydrogen (secondary N) is 1. The van der Waals surface area contributed by atoms with Crippen LogP contribution in [0.2, 0.25) is 0 Å². The van der Waals surface area contributed by atoms with Crippen LogP contribution in [0.1, 0.15) is 5.56 Å². The molecule has 0 aromatic heterocycles. The molecule has 1 fully saturated rings. The van der Waals surface area contributed by atoms with Gasteiger partial charge in [-0.25, -0.2) is 4.79 Å². The summed E-state index contributed by atoms with van der Waals surface area (Å²) in [5.41, 5.74) is 1.12. The predicted octanol–water partition coefficient (Wildman–Crippen LogP) is 2.11. The molecule has 4 nitrogen and oxygen atoms in total. The lowest BCUT2D eigenvalue weighted by Gasteiger charge is -2.10. The number of cyclic esters (lactones) is 1. The molecule has 1 amide bonds. The van der Waals surface area contributed by atoms with Crippen molar-refractivity contribution in [3.05, 3.63) is 28.2 Å². The van der Waals surface area contributed by atoms with E-state index >= 15 is 0 Å². The largest absolute Gasteiger partial charge is 0.497 e. The monoisotopic (exact) mass is 285 g/mol. The van der Waals surface area contributed by atoms with Crippen molar-refractivity contribution in [2.24, 2.45) is 0 Å². The summed E-state index contributed by atoms with van der Waals surface area (Å²) in [6, 6.07) is 5.84. The molecule has 1 aliphatic rings. The van der Waals surface area contributed by atoms with Crippen LogP contribution < -0.4 is 10.1 Å². The van der Waals surface area contributed by atoms with Crippen molar-refractivity contribution in [2.75, 3.05) is 13.7 Å². The third-order valence-corrected chi connectivity index (χ3v) is 3.20. The fourth-order valence-corrected chi connectivity index (χ4v) is 2.14. The Bertz CT molecular complexity index is 408. The maximum Gasteiger partial charge on any atom is 0.407 e. The fraction of sp³-hybridized carbons (Fsp3) is 0.364. The van der Waals surface area contributed by atoms with Gasteiger partial charge in [0, 0.05) is 4.47 Å². The number of benzene rings is 1. The van der Waals surface area contributed by atoms with Gasteiger partial charge in [0.15, 0.2) is 0 Å². The Labute approximate surface area is 102 Å². The second kappa shape index (κ2) is 4.74. The lowest BCUT2D eigenvalue weighted by Crippen LogP contribution is -2.28. The number of rotatable bonds is 3. The van der Waals surface area contributed by atoms with Crippen LogP contribution >= 0.6 is 15.9 Å². The molecule has 0 aliphatic carbocycles. The molecule has 2 rings (SSSR count). The van der Waals surface area contributed by atoms with Crippen LogP contribution in [0.4, 0.5) is 4.79 Å². The third kappa shape index (κ3) is 2.47. The van der Waals surface area contributed by atoms with Crippen molar-refractivity contribution in [1.29, 1.82) is 0 Å². The zero-order valence-electron chi connectivity index (χ0n) is 8.83. The molecule has 1 aliphatic heterocycles. The molecular formula is C11H12BrNO3. The van der Waals surface area contributed by atoms with Crippen LogP contribution in [0.25, 0.3) is 0 Å². The Kier molecular flexibility index (Phi) is 3.33. The number of ether oxygens (including phenoxy) is 2. The summed E-state index contributed by atoms with van der Waals surface area (Å²) < 4.78 is 10.9. The van der Waals surface area contributed by atoms with E-state index in [1.54, 1.807) is 7.11 Å². The molecule has 1 unspecified atom stereocenters. The van der Waals surface area contributed by atoms with E-state index in [9.17, 15) is 4.79 Å². The van der Waals surface area contributed by atoms with E-state index < -0.39 is 0 Å². The minimum atomic E-state index is -0.338. The summed E-state index contributed by atoms with van der Waals surface area (Å²) in [4.78, 5) is 10.9. The summed E-state index contributed by atoms with van der Waals surface area (Å²) in [7, 11) is 1.63. The summed E-state index contributed by atoms with van der Waals surface area (Å²) in [5, 5.41) is 2.74. The number of amides is 1. The smallest absolute Gasteiger partial charge is 0.407 e. The van der Waals surface area contributed by atoms with E-state index in [1.165, 1.54) is 0 Å². The maximum atomic E-state index is 10.9. The molecule has 1 N–H and O–H groups in total. The van der Waals surface area contributed by atoms with Gasteiger partial charge in [-0.3, -0.25) is 0 Å². The first kappa shape index (κ1) is 11.3. The molecule has 0 radical (unpaired) electrons. The first-order chi connectivity index (χ1) is 7.69. The van der Waals surface area contributed by atoms with Crippen molar-refractivity contribution >= 4 is 22.0 Å². The van der Waals surface area contributed by atoms with Crippen molar-refractivity contribution < 1.29 is 14.3 Å². The van der Waals surface area contributed by atoms with Gasteiger partial charge in [-0.1, -0.05) is 22.0 Å². The molecule has 0 bridgehead atoms. The molecule has 5 heteroatoms. The molecule has 0 spiro atoms. The summed E-state index contributed by atoms with van der Waals surface area (Å²) >= 11 is 3.48. The number of hydrogen-bond acceptors (Lipinski definition) is 3. The van der Waals surface area contributed by atoms with Crippen LogP contribution in [0.3, 0.4) is 0 Å². The van der Waals surface area contributed by atoms with E-state index in [-0.39, 0.29) is 12.1 Å². The van der Waals surface area contributed by atoms with Gasteiger partial charge in [0.2, 0.25) is 0 Å². The Morgan fingerprint density at radius 2 is 2.44 bits per heavy atom. The van der Waals surface area contributed by atoms with Gasteiger partial charge in [-0.2, -0.15) is 0 Å². The highest BCUT2D eigenvalue weighted by Crippen LogP contribution is 2.24. The van der Waals surface area contributed by atoms with Crippen molar-refractivity contribution in [1.82, 2.24) is 5.32 Å². The standard InChI is InChI=1S/C11H12BrNO3/c1-15-9-3-2-7(10(12)5-9)4-8-6-16-11(14)13-8/h2-3,5,8H,4,6H2,1H3,(H,13,14). The highest BCUT2D eigenvalue weighted by Gasteiger charge is 2.22. The van der Waals surface area contributed by atoms with Crippen molar-refractivity contribution in [3.63, 3.8) is 0 Å². The molecule has 1 heterocycles. The molecule has 1 aromatic carbocycles. The first-order valence-corrected chi connectivity index (χ1v) is 5.74. The van der Waals surface area contributed by atoms with Gasteiger partial charge in [0.1, 0.15) is 12.4 Å². The minimum Gasteiger partial charge on any atom is -0.497 e. The second-order valence-electron chi connectivity index (χ2n) is 3.60. The lowest BCUT2D eigenvalue weighted by molar-refractivity contribution is 0.177. The molecule has 0 saturated carbocycles. The highest BCUT2D eigenvalue weighted by atomic mass is 79.9. The number of halogens is 1. The zero-order chi connectivity index (χ0) is 11.5. The first-order valence-electron chi connectivity index (χ1n) is 4.95. The number of carbonyl (C=O) groups excluding carboxylic acids is 1. The second-order valence-corrected chi connectivity index (χ2v) is 4.46. The zero-order valence-corrected chi connectivity index (χ0v) is 10.4. The van der Waals surface area contributed by atoms with E-state index in [2.05, 4.69) is 21.2 Å². The minimum absolute atomic E-state index is 0.0530. The number of hydrogen-bond donors (Lipinski definition) is 1. The van der Waals surface area contributed by atoms with E-state index in [1.807, 2.05) is 18.2 Å². The Morgan fingerprint density at radius 3 is 3.00 bits per heavy atom. The average molecular weight is 286 g/mol. The third-order valence-electron chi connectivity index (χ3n) is 2.46. The molecule has 1 saturated heterocycles. The average Bonchev–Trinajstić information content (AvgIpc) is 2.67. The number of carbonyl (C=O) groups is 1. The van der Waals surface area contributed by atoms with Crippen LogP contribution in [-0.2, 0) is 11.2 Å². The molecule has 16 heavy (non-hydrogen) atoms. The van der Waals surface area contributed by atoms with Gasteiger partial charge >= 0.3 is 6.09 Å². The quantitative estimate of drug-likeness (QED) is 0.925. The van der Waals surface area contributed by atoms with Gasteiger partial charge in [0.05, 0.1) is 13.2 Å². The van der Waals surface area contributed by atoms with Gasteiger partial charge in [0.25, 0.3) is 0 Å². The molecule has 86 valence electrons. The topological polar surface area (TPSA) is 47.6 Å². The van der Waals surface area contributed by atoms with E-state index in [0.29, 0.717) is 6.61 Å². The predicted molar refractivity (Wildman–Crippen MR) is 62.7 cm³/mol. The van der Waals surface area contributed by atoms with Crippen LogP contribution in [0.5, 0.6) is 5.75 Å². The van der Waals surface area contributed by atoms with Crippen LogP contribution in [-0.4, -0.2) is 25.9 Å². The Morgan fingerprint density at radius 1 is 1.62 bits per heavy atom. The normalized spacial score (nSPS) is 19.1. The summed E-state index contributed by atoms with van der Waals surface area (Å²) in [5.74, 6) is 0.808. The van der Waals surface area contributed by atoms with Crippen molar-refractivity contribution in [2.45, 2.75) is 12.5 Å². The van der Waals surface area contributed by atoms with Crippen molar-refractivity contribution in [3.8, 4) is 5.75 Å². The molecule has 1 aromatic rings.